The van der Waals surface area contributed by atoms with Gasteiger partial charge in [0.25, 0.3) is 5.91 Å². The van der Waals surface area contributed by atoms with Crippen LogP contribution >= 0.6 is 15.9 Å². The number of hydrogen-bond acceptors (Lipinski definition) is 3. The molecule has 0 saturated heterocycles. The lowest BCUT2D eigenvalue weighted by Gasteiger charge is -2.13. The van der Waals surface area contributed by atoms with Crippen molar-refractivity contribution < 1.29 is 9.53 Å². The van der Waals surface area contributed by atoms with Crippen molar-refractivity contribution in [2.45, 2.75) is 58.9 Å². The number of nitrogens with one attached hydrogen (secondary N) is 1. The Morgan fingerprint density at radius 2 is 1.65 bits per heavy atom. The molecule has 0 aliphatic heterocycles. The summed E-state index contributed by atoms with van der Waals surface area (Å²) in [7, 11) is 0. The Morgan fingerprint density at radius 3 is 2.43 bits per heavy atom. The van der Waals surface area contributed by atoms with Crippen molar-refractivity contribution in [3.63, 3.8) is 0 Å². The van der Waals surface area contributed by atoms with Gasteiger partial charge in [0.1, 0.15) is 11.6 Å². The van der Waals surface area contributed by atoms with Crippen molar-refractivity contribution in [2.75, 3.05) is 13.2 Å². The third-order valence-electron chi connectivity index (χ3n) is 6.63. The number of carbonyl (C=O) groups is 1. The maximum absolute atomic E-state index is 12.3. The standard InChI is InChI=1S/C31H36BrN3O2/c1-23-11-10-12-24(2)30(23)37-22-9-8-21-35-28-14-6-5-13-27(28)34-29(35)15-4-3-7-20-33-31(36)25-16-18-26(32)19-17-25/h5-6,10-14,16-19H,3-4,7-9,15,20-22H2,1-2H3,(H,33,36). The number of halogens is 1. The van der Waals surface area contributed by atoms with Crippen LogP contribution in [0.2, 0.25) is 0 Å². The molecule has 0 unspecified atom stereocenters. The van der Waals surface area contributed by atoms with E-state index in [0.29, 0.717) is 12.1 Å². The highest BCUT2D eigenvalue weighted by Gasteiger charge is 2.11. The van der Waals surface area contributed by atoms with Crippen molar-refractivity contribution >= 4 is 32.9 Å². The van der Waals surface area contributed by atoms with E-state index in [4.69, 9.17) is 9.72 Å². The van der Waals surface area contributed by atoms with Gasteiger partial charge in [0.05, 0.1) is 17.6 Å². The van der Waals surface area contributed by atoms with Gasteiger partial charge < -0.3 is 14.6 Å². The Balaban J connectivity index is 1.23. The van der Waals surface area contributed by atoms with E-state index in [1.165, 1.54) is 16.6 Å². The van der Waals surface area contributed by atoms with E-state index >= 15 is 0 Å². The second-order valence-corrected chi connectivity index (χ2v) is 10.4. The fourth-order valence-electron chi connectivity index (χ4n) is 4.63. The molecule has 194 valence electrons. The summed E-state index contributed by atoms with van der Waals surface area (Å²) in [6.07, 6.45) is 6.03. The Labute approximate surface area is 228 Å². The Morgan fingerprint density at radius 1 is 0.892 bits per heavy atom. The molecule has 0 radical (unpaired) electrons. The monoisotopic (exact) mass is 561 g/mol. The fourth-order valence-corrected chi connectivity index (χ4v) is 4.89. The van der Waals surface area contributed by atoms with E-state index in [-0.39, 0.29) is 5.91 Å². The minimum absolute atomic E-state index is 0.0177. The Hall–Kier alpha value is -3.12. The highest BCUT2D eigenvalue weighted by molar-refractivity contribution is 9.10. The molecule has 1 aromatic heterocycles. The van der Waals surface area contributed by atoms with Gasteiger partial charge in [-0.2, -0.15) is 0 Å². The van der Waals surface area contributed by atoms with Crippen molar-refractivity contribution in [2.24, 2.45) is 0 Å². The third kappa shape index (κ3) is 7.45. The molecule has 1 heterocycles. The zero-order valence-electron chi connectivity index (χ0n) is 21.8. The van der Waals surface area contributed by atoms with Crippen LogP contribution in [0, 0.1) is 13.8 Å². The summed E-state index contributed by atoms with van der Waals surface area (Å²) in [5, 5.41) is 3.02. The molecule has 0 spiro atoms. The van der Waals surface area contributed by atoms with Crippen molar-refractivity contribution in [3.8, 4) is 5.75 Å². The second kappa shape index (κ2) is 13.4. The van der Waals surface area contributed by atoms with E-state index in [2.05, 4.69) is 82.1 Å². The summed E-state index contributed by atoms with van der Waals surface area (Å²) in [6, 6.07) is 22.1. The van der Waals surface area contributed by atoms with Gasteiger partial charge in [-0.25, -0.2) is 4.98 Å². The van der Waals surface area contributed by atoms with E-state index < -0.39 is 0 Å². The third-order valence-corrected chi connectivity index (χ3v) is 7.16. The molecule has 0 bridgehead atoms. The number of amides is 1. The first-order valence-corrected chi connectivity index (χ1v) is 14.0. The van der Waals surface area contributed by atoms with E-state index in [1.54, 1.807) is 0 Å². The number of fused-ring (bicyclic) bond motifs is 1. The molecule has 0 aliphatic carbocycles. The molecule has 5 nitrogen and oxygen atoms in total. The largest absolute Gasteiger partial charge is 0.493 e. The zero-order chi connectivity index (χ0) is 26.0. The van der Waals surface area contributed by atoms with Crippen molar-refractivity contribution in [1.82, 2.24) is 14.9 Å². The molecule has 3 aromatic carbocycles. The minimum atomic E-state index is -0.0177. The fraction of sp³-hybridized carbons (Fsp3) is 0.355. The van der Waals surface area contributed by atoms with Crippen LogP contribution in [0.15, 0.2) is 71.2 Å². The first-order valence-electron chi connectivity index (χ1n) is 13.2. The van der Waals surface area contributed by atoms with Gasteiger partial charge in [0.2, 0.25) is 0 Å². The lowest BCUT2D eigenvalue weighted by atomic mass is 10.1. The van der Waals surface area contributed by atoms with Crippen LogP contribution in [0.1, 0.15) is 59.4 Å². The van der Waals surface area contributed by atoms with Crippen LogP contribution in [-0.4, -0.2) is 28.6 Å². The molecule has 0 atom stereocenters. The number of aromatic nitrogens is 2. The van der Waals surface area contributed by atoms with Gasteiger partial charge in [-0.05, 0) is 87.1 Å². The lowest BCUT2D eigenvalue weighted by molar-refractivity contribution is 0.0953. The summed E-state index contributed by atoms with van der Waals surface area (Å²) in [5.41, 5.74) is 5.34. The number of carbonyl (C=O) groups excluding carboxylic acids is 1. The predicted octanol–water partition coefficient (Wildman–Crippen LogP) is 7.42. The maximum Gasteiger partial charge on any atom is 0.251 e. The molecule has 0 fully saturated rings. The number of nitrogens with zero attached hydrogens (tertiary/aromatic N) is 2. The smallest absolute Gasteiger partial charge is 0.251 e. The van der Waals surface area contributed by atoms with Crippen LogP contribution < -0.4 is 10.1 Å². The molecule has 0 aliphatic rings. The molecule has 1 N–H and O–H groups in total. The van der Waals surface area contributed by atoms with Crippen molar-refractivity contribution in [1.29, 1.82) is 0 Å². The average molecular weight is 563 g/mol. The topological polar surface area (TPSA) is 56.1 Å². The minimum Gasteiger partial charge on any atom is -0.493 e. The number of hydrogen-bond donors (Lipinski definition) is 1. The quantitative estimate of drug-likeness (QED) is 0.173. The van der Waals surface area contributed by atoms with Gasteiger partial charge in [0.15, 0.2) is 0 Å². The van der Waals surface area contributed by atoms with Crippen LogP contribution in [0.3, 0.4) is 0 Å². The normalized spacial score (nSPS) is 11.1. The number of rotatable bonds is 13. The molecule has 0 saturated carbocycles. The molecule has 37 heavy (non-hydrogen) atoms. The molecule has 1 amide bonds. The number of aryl methyl sites for hydroxylation is 4. The van der Waals surface area contributed by atoms with E-state index in [1.807, 2.05) is 24.3 Å². The van der Waals surface area contributed by atoms with Crippen LogP contribution in [0.5, 0.6) is 5.75 Å². The molecular formula is C31H36BrN3O2. The Bertz CT molecular complexity index is 1290. The molecule has 4 aromatic rings. The van der Waals surface area contributed by atoms with Gasteiger partial charge in [-0.1, -0.05) is 52.7 Å². The number of imidazole rings is 1. The van der Waals surface area contributed by atoms with Crippen LogP contribution in [-0.2, 0) is 13.0 Å². The van der Waals surface area contributed by atoms with Crippen LogP contribution in [0.4, 0.5) is 0 Å². The highest BCUT2D eigenvalue weighted by Crippen LogP contribution is 2.23. The molecular weight excluding hydrogens is 526 g/mol. The summed E-state index contributed by atoms with van der Waals surface area (Å²) >= 11 is 3.40. The summed E-state index contributed by atoms with van der Waals surface area (Å²) in [4.78, 5) is 17.2. The molecule has 4 rings (SSSR count). The first-order chi connectivity index (χ1) is 18.0. The maximum atomic E-state index is 12.3. The van der Waals surface area contributed by atoms with Crippen molar-refractivity contribution in [3.05, 3.63) is 93.7 Å². The summed E-state index contributed by atoms with van der Waals surface area (Å²) < 4.78 is 9.45. The first kappa shape index (κ1) is 26.9. The summed E-state index contributed by atoms with van der Waals surface area (Å²) in [6.45, 7) is 6.55. The van der Waals surface area contributed by atoms with Crippen LogP contribution in [0.25, 0.3) is 11.0 Å². The number of unbranched alkanes of at least 4 members (excludes halogenated alkanes) is 3. The number of ether oxygens (including phenoxy) is 1. The summed E-state index contributed by atoms with van der Waals surface area (Å²) in [5.74, 6) is 2.15. The average Bonchev–Trinajstić information content (AvgIpc) is 3.25. The zero-order valence-corrected chi connectivity index (χ0v) is 23.4. The van der Waals surface area contributed by atoms with Gasteiger partial charge in [0, 0.05) is 29.5 Å². The van der Waals surface area contributed by atoms with Gasteiger partial charge in [-0.3, -0.25) is 4.79 Å². The van der Waals surface area contributed by atoms with E-state index in [9.17, 15) is 4.79 Å². The van der Waals surface area contributed by atoms with Gasteiger partial charge in [-0.15, -0.1) is 0 Å². The van der Waals surface area contributed by atoms with E-state index in [0.717, 1.165) is 73.2 Å². The SMILES string of the molecule is Cc1cccc(C)c1OCCCCn1c(CCCCCNC(=O)c2ccc(Br)cc2)nc2ccccc21. The number of benzene rings is 3. The highest BCUT2D eigenvalue weighted by atomic mass is 79.9. The van der Waals surface area contributed by atoms with Gasteiger partial charge >= 0.3 is 0 Å². The second-order valence-electron chi connectivity index (χ2n) is 9.52. The lowest BCUT2D eigenvalue weighted by Crippen LogP contribution is -2.24. The predicted molar refractivity (Wildman–Crippen MR) is 154 cm³/mol. The Kier molecular flexibility index (Phi) is 9.78. The number of para-hydroxylation sites is 3. The molecule has 6 heteroatoms.